The third-order valence-corrected chi connectivity index (χ3v) is 4.20. The molecule has 2 atom stereocenters. The van der Waals surface area contributed by atoms with E-state index in [9.17, 15) is 14.4 Å². The van der Waals surface area contributed by atoms with Crippen molar-refractivity contribution in [3.63, 3.8) is 0 Å². The van der Waals surface area contributed by atoms with Crippen molar-refractivity contribution in [2.75, 3.05) is 11.1 Å². The van der Waals surface area contributed by atoms with Gasteiger partial charge in [-0.15, -0.1) is 0 Å². The number of para-hydroxylation sites is 1. The van der Waals surface area contributed by atoms with Crippen LogP contribution >= 0.6 is 0 Å². The summed E-state index contributed by atoms with van der Waals surface area (Å²) in [6.07, 6.45) is 0.0846. The van der Waals surface area contributed by atoms with E-state index in [4.69, 9.17) is 10.5 Å². The number of carbonyl (C=O) groups is 3. The van der Waals surface area contributed by atoms with Crippen molar-refractivity contribution in [2.45, 2.75) is 65.1 Å². The van der Waals surface area contributed by atoms with Gasteiger partial charge in [0.1, 0.15) is 17.7 Å². The number of ether oxygens (including phenoxy) is 1. The Labute approximate surface area is 165 Å². The summed E-state index contributed by atoms with van der Waals surface area (Å²) >= 11 is 0. The Bertz CT molecular complexity index is 755. The first-order valence-corrected chi connectivity index (χ1v) is 9.44. The highest BCUT2D eigenvalue weighted by Gasteiger charge is 2.32. The van der Waals surface area contributed by atoms with Gasteiger partial charge < -0.3 is 26.4 Å². The Hall–Kier alpha value is -2.77. The smallest absolute Gasteiger partial charge is 0.408 e. The van der Waals surface area contributed by atoms with Gasteiger partial charge in [0.2, 0.25) is 11.8 Å². The van der Waals surface area contributed by atoms with Gasteiger partial charge >= 0.3 is 6.09 Å². The number of anilines is 2. The molecule has 8 nitrogen and oxygen atoms in total. The lowest BCUT2D eigenvalue weighted by atomic mass is 9.97. The van der Waals surface area contributed by atoms with Gasteiger partial charge in [0.15, 0.2) is 0 Å². The first-order chi connectivity index (χ1) is 13.0. The Morgan fingerprint density at radius 1 is 1.32 bits per heavy atom. The third-order valence-electron chi connectivity index (χ3n) is 4.20. The van der Waals surface area contributed by atoms with E-state index in [2.05, 4.69) is 16.0 Å². The first kappa shape index (κ1) is 21.5. The highest BCUT2D eigenvalue weighted by molar-refractivity contribution is 6.03. The molecule has 0 saturated heterocycles. The minimum atomic E-state index is -0.801. The molecule has 1 unspecified atom stereocenters. The molecule has 0 saturated carbocycles. The van der Waals surface area contributed by atoms with Crippen LogP contribution in [0.5, 0.6) is 0 Å². The molecule has 2 rings (SSSR count). The maximum absolute atomic E-state index is 12.8. The summed E-state index contributed by atoms with van der Waals surface area (Å²) in [5.41, 5.74) is 7.15. The van der Waals surface area contributed by atoms with Crippen molar-refractivity contribution >= 4 is 29.3 Å². The number of carbonyl (C=O) groups excluding carboxylic acids is 3. The Kier molecular flexibility index (Phi) is 6.53. The van der Waals surface area contributed by atoms with Crippen LogP contribution in [0.3, 0.4) is 0 Å². The van der Waals surface area contributed by atoms with Gasteiger partial charge in [-0.2, -0.15) is 0 Å². The van der Waals surface area contributed by atoms with Crippen molar-refractivity contribution in [1.29, 1.82) is 0 Å². The lowest BCUT2D eigenvalue weighted by Gasteiger charge is -2.29. The van der Waals surface area contributed by atoms with Crippen LogP contribution in [0.15, 0.2) is 18.2 Å². The number of nitrogen functional groups attached to an aromatic ring is 1. The molecule has 154 valence electrons. The molecular weight excluding hydrogens is 360 g/mol. The number of alkyl carbamates (subject to hydrolysis) is 1. The van der Waals surface area contributed by atoms with Gasteiger partial charge in [-0.25, -0.2) is 4.79 Å². The molecule has 8 heteroatoms. The van der Waals surface area contributed by atoms with E-state index in [0.29, 0.717) is 24.2 Å². The fraction of sp³-hybridized carbons (Fsp3) is 0.550. The molecular formula is C20H30N4O4. The summed E-state index contributed by atoms with van der Waals surface area (Å²) in [5, 5.41) is 8.10. The third kappa shape index (κ3) is 5.87. The van der Waals surface area contributed by atoms with Gasteiger partial charge in [0.25, 0.3) is 0 Å². The van der Waals surface area contributed by atoms with Gasteiger partial charge in [-0.1, -0.05) is 26.0 Å². The second-order valence-corrected chi connectivity index (χ2v) is 8.46. The SMILES string of the molecule is CC(C)C[C@@H](NC(=O)OC(C)(C)C)C(=O)NC1Cc2cccc(N)c2NC1=O. The molecule has 0 aromatic heterocycles. The van der Waals surface area contributed by atoms with E-state index in [1.54, 1.807) is 32.9 Å². The highest BCUT2D eigenvalue weighted by Crippen LogP contribution is 2.28. The molecule has 3 amide bonds. The zero-order chi connectivity index (χ0) is 21.1. The quantitative estimate of drug-likeness (QED) is 0.574. The van der Waals surface area contributed by atoms with Gasteiger partial charge in [-0.05, 0) is 44.7 Å². The molecule has 1 aliphatic heterocycles. The molecule has 1 aromatic carbocycles. The predicted molar refractivity (Wildman–Crippen MR) is 108 cm³/mol. The Balaban J connectivity index is 2.08. The van der Waals surface area contributed by atoms with E-state index >= 15 is 0 Å². The van der Waals surface area contributed by atoms with Gasteiger partial charge in [0.05, 0.1) is 11.4 Å². The van der Waals surface area contributed by atoms with Crippen LogP contribution < -0.4 is 21.7 Å². The molecule has 0 aliphatic carbocycles. The van der Waals surface area contributed by atoms with Crippen LogP contribution in [-0.4, -0.2) is 35.6 Å². The fourth-order valence-corrected chi connectivity index (χ4v) is 3.01. The minimum Gasteiger partial charge on any atom is -0.444 e. The molecule has 1 aromatic rings. The topological polar surface area (TPSA) is 123 Å². The monoisotopic (exact) mass is 390 g/mol. The average Bonchev–Trinajstić information content (AvgIpc) is 2.53. The Morgan fingerprint density at radius 3 is 2.61 bits per heavy atom. The number of nitrogens with two attached hydrogens (primary N) is 1. The molecule has 0 bridgehead atoms. The van der Waals surface area contributed by atoms with Crippen LogP contribution in [0.4, 0.5) is 16.2 Å². The number of amides is 3. The number of nitrogens with one attached hydrogen (secondary N) is 3. The van der Waals surface area contributed by atoms with Crippen molar-refractivity contribution < 1.29 is 19.1 Å². The predicted octanol–water partition coefficient (Wildman–Crippen LogP) is 2.19. The van der Waals surface area contributed by atoms with Crippen molar-refractivity contribution in [3.05, 3.63) is 23.8 Å². The summed E-state index contributed by atoms with van der Waals surface area (Å²) in [6.45, 7) is 9.14. The number of fused-ring (bicyclic) bond motifs is 1. The number of hydrogen-bond acceptors (Lipinski definition) is 5. The number of benzene rings is 1. The van der Waals surface area contributed by atoms with Gasteiger partial charge in [0, 0.05) is 6.42 Å². The lowest BCUT2D eigenvalue weighted by Crippen LogP contribution is -2.55. The normalized spacial score (nSPS) is 17.4. The molecule has 5 N–H and O–H groups in total. The first-order valence-electron chi connectivity index (χ1n) is 9.44. The second-order valence-electron chi connectivity index (χ2n) is 8.46. The van der Waals surface area contributed by atoms with Crippen molar-refractivity contribution in [2.24, 2.45) is 5.92 Å². The summed E-state index contributed by atoms with van der Waals surface area (Å²) < 4.78 is 5.25. The molecule has 0 spiro atoms. The summed E-state index contributed by atoms with van der Waals surface area (Å²) in [6, 6.07) is 3.83. The van der Waals surface area contributed by atoms with Crippen LogP contribution in [-0.2, 0) is 20.7 Å². The van der Waals surface area contributed by atoms with Crippen LogP contribution in [0.1, 0.15) is 46.6 Å². The van der Waals surface area contributed by atoms with E-state index in [-0.39, 0.29) is 11.8 Å². The summed E-state index contributed by atoms with van der Waals surface area (Å²) in [4.78, 5) is 37.3. The standard InChI is InChI=1S/C20H30N4O4/c1-11(2)9-14(23-19(27)28-20(3,4)5)17(25)22-15-10-12-7-6-8-13(21)16(12)24-18(15)26/h6-8,11,14-15H,9-10,21H2,1-5H3,(H,22,25)(H,23,27)(H,24,26)/t14-,15?/m1/s1. The van der Waals surface area contributed by atoms with E-state index in [1.807, 2.05) is 19.9 Å². The van der Waals surface area contributed by atoms with Gasteiger partial charge in [-0.3, -0.25) is 9.59 Å². The molecule has 1 aliphatic rings. The lowest BCUT2D eigenvalue weighted by molar-refractivity contribution is -0.128. The maximum Gasteiger partial charge on any atom is 0.408 e. The minimum absolute atomic E-state index is 0.159. The largest absolute Gasteiger partial charge is 0.444 e. The van der Waals surface area contributed by atoms with Crippen LogP contribution in [0.25, 0.3) is 0 Å². The molecule has 28 heavy (non-hydrogen) atoms. The zero-order valence-electron chi connectivity index (χ0n) is 17.1. The van der Waals surface area contributed by atoms with E-state index in [1.165, 1.54) is 0 Å². The van der Waals surface area contributed by atoms with E-state index < -0.39 is 29.7 Å². The highest BCUT2D eigenvalue weighted by atomic mass is 16.6. The zero-order valence-corrected chi connectivity index (χ0v) is 17.1. The van der Waals surface area contributed by atoms with E-state index in [0.717, 1.165) is 5.56 Å². The average molecular weight is 390 g/mol. The Morgan fingerprint density at radius 2 is 2.00 bits per heavy atom. The molecule has 1 heterocycles. The second kappa shape index (κ2) is 8.50. The number of hydrogen-bond donors (Lipinski definition) is 4. The van der Waals surface area contributed by atoms with Crippen molar-refractivity contribution in [1.82, 2.24) is 10.6 Å². The molecule has 0 radical (unpaired) electrons. The number of rotatable bonds is 5. The maximum atomic E-state index is 12.8. The van der Waals surface area contributed by atoms with Crippen molar-refractivity contribution in [3.8, 4) is 0 Å². The fourth-order valence-electron chi connectivity index (χ4n) is 3.01. The summed E-state index contributed by atoms with van der Waals surface area (Å²) in [7, 11) is 0. The molecule has 0 fully saturated rings. The van der Waals surface area contributed by atoms with Crippen LogP contribution in [0.2, 0.25) is 0 Å². The van der Waals surface area contributed by atoms with Crippen LogP contribution in [0, 0.1) is 5.92 Å². The summed E-state index contributed by atoms with van der Waals surface area (Å²) in [5.74, 6) is -0.599.